The molecule has 0 saturated heterocycles. The maximum Gasteiger partial charge on any atom is 0.251 e. The van der Waals surface area contributed by atoms with Crippen LogP contribution in [0.2, 0.25) is 0 Å². The van der Waals surface area contributed by atoms with Crippen LogP contribution in [-0.4, -0.2) is 102 Å². The third kappa shape index (κ3) is 13.4. The molecular formula is C44H51BN8O7. The molecule has 0 fully saturated rings. The summed E-state index contributed by atoms with van der Waals surface area (Å²) in [5, 5.41) is 19.5. The Hall–Kier alpha value is -6.70. The summed E-state index contributed by atoms with van der Waals surface area (Å²) in [6.07, 6.45) is 0.764. The third-order valence-corrected chi connectivity index (χ3v) is 9.59. The molecule has 2 unspecified atom stereocenters. The Balaban J connectivity index is 1.56. The second-order valence-electron chi connectivity index (χ2n) is 13.8. The molecule has 4 aromatic carbocycles. The first-order valence-corrected chi connectivity index (χ1v) is 19.5. The fourth-order valence-electron chi connectivity index (χ4n) is 6.23. The van der Waals surface area contributed by atoms with Gasteiger partial charge in [-0.25, -0.2) is 0 Å². The minimum atomic E-state index is -0.615. The van der Waals surface area contributed by atoms with Crippen molar-refractivity contribution in [2.45, 2.75) is 38.2 Å². The van der Waals surface area contributed by atoms with Crippen molar-refractivity contribution in [3.8, 4) is 39.8 Å². The molecule has 0 aromatic heterocycles. The number of nitrogens with one attached hydrogen (secondary N) is 4. The van der Waals surface area contributed by atoms with E-state index in [4.69, 9.17) is 34.0 Å². The van der Waals surface area contributed by atoms with Gasteiger partial charge in [0.2, 0.25) is 24.1 Å². The van der Waals surface area contributed by atoms with Crippen molar-refractivity contribution < 1.29 is 33.4 Å². The molecule has 5 amide bonds. The van der Waals surface area contributed by atoms with Gasteiger partial charge < -0.3 is 47.1 Å². The maximum absolute atomic E-state index is 13.5. The molecule has 16 heteroatoms. The van der Waals surface area contributed by atoms with Crippen LogP contribution >= 0.6 is 0 Å². The number of likely N-dealkylation sites (N-methyl/N-ethyl adjacent to an activating group) is 1. The molecular weight excluding hydrogens is 763 g/mol. The number of ether oxygens (including phenoxy) is 2. The molecule has 15 nitrogen and oxygen atoms in total. The average molecular weight is 815 g/mol. The summed E-state index contributed by atoms with van der Waals surface area (Å²) >= 11 is 0. The Bertz CT molecular complexity index is 2130. The van der Waals surface area contributed by atoms with Gasteiger partial charge >= 0.3 is 0 Å². The van der Waals surface area contributed by atoms with E-state index in [0.29, 0.717) is 40.9 Å². The Morgan fingerprint density at radius 1 is 0.817 bits per heavy atom. The molecule has 4 aromatic rings. The number of benzene rings is 4. The van der Waals surface area contributed by atoms with Crippen molar-refractivity contribution in [1.29, 1.82) is 5.26 Å². The molecule has 8 N–H and O–H groups in total. The molecule has 0 saturated carbocycles. The van der Waals surface area contributed by atoms with Crippen LogP contribution in [0.1, 0.15) is 46.4 Å². The van der Waals surface area contributed by atoms with Crippen LogP contribution in [0.4, 0.5) is 0 Å². The van der Waals surface area contributed by atoms with Gasteiger partial charge in [0.15, 0.2) is 0 Å². The average Bonchev–Trinajstić information content (AvgIpc) is 3.27. The summed E-state index contributed by atoms with van der Waals surface area (Å²) in [4.78, 5) is 63.6. The molecule has 0 bridgehead atoms. The molecule has 0 spiro atoms. The summed E-state index contributed by atoms with van der Waals surface area (Å²) in [7, 11) is 7.37. The van der Waals surface area contributed by atoms with E-state index in [1.165, 1.54) is 0 Å². The molecule has 312 valence electrons. The van der Waals surface area contributed by atoms with E-state index in [0.717, 1.165) is 27.8 Å². The number of carbonyl (C=O) groups excluding carboxylic acids is 5. The van der Waals surface area contributed by atoms with E-state index >= 15 is 0 Å². The minimum absolute atomic E-state index is 0.0178. The standard InChI is InChI=1S/C44H51BN8O7/c1-29(53(2)43(57)27-51-44(58)34-10-8-33(9-11-34)32-6-3-30(24-45)4-7-32)35-12-14-40(60-20-18-48)38(23-35)37-22-31(5-13-39(37)59-19-17-47)21-36(25-50-41(55)15-16-46)52-42(56)26-49-28-54/h3-14,22-23,28-29,36H,15,17-21,24-27,47-48H2,1-2H3,(H,49,54)(H,50,55)(H,51,58)(H,52,56). The Morgan fingerprint density at radius 3 is 2.02 bits per heavy atom. The highest BCUT2D eigenvalue weighted by molar-refractivity contribution is 6.08. The Kier molecular flexibility index (Phi) is 18.1. The highest BCUT2D eigenvalue weighted by Crippen LogP contribution is 2.40. The minimum Gasteiger partial charge on any atom is -0.492 e. The summed E-state index contributed by atoms with van der Waals surface area (Å²) in [6, 6.07) is 26.8. The van der Waals surface area contributed by atoms with Gasteiger partial charge in [0.1, 0.15) is 31.1 Å². The second-order valence-corrected chi connectivity index (χ2v) is 13.8. The van der Waals surface area contributed by atoms with Gasteiger partial charge in [-0.15, -0.1) is 0 Å². The fraction of sp³-hybridized carbons (Fsp3) is 0.318. The number of rotatable bonds is 23. The summed E-state index contributed by atoms with van der Waals surface area (Å²) < 4.78 is 12.2. The number of amides is 5. The topological polar surface area (TPSA) is 231 Å². The number of carbonyl (C=O) groups is 5. The van der Waals surface area contributed by atoms with Crippen molar-refractivity contribution in [3.63, 3.8) is 0 Å². The van der Waals surface area contributed by atoms with E-state index in [2.05, 4.69) is 21.3 Å². The Labute approximate surface area is 351 Å². The zero-order chi connectivity index (χ0) is 43.4. The van der Waals surface area contributed by atoms with Crippen LogP contribution in [0.5, 0.6) is 11.5 Å². The fourth-order valence-corrected chi connectivity index (χ4v) is 6.23. The van der Waals surface area contributed by atoms with Crippen molar-refractivity contribution >= 4 is 37.9 Å². The normalized spacial score (nSPS) is 11.6. The van der Waals surface area contributed by atoms with Crippen LogP contribution in [0.15, 0.2) is 84.9 Å². The highest BCUT2D eigenvalue weighted by Gasteiger charge is 2.23. The molecule has 2 atom stereocenters. The van der Waals surface area contributed by atoms with Gasteiger partial charge in [-0.2, -0.15) is 5.26 Å². The van der Waals surface area contributed by atoms with E-state index in [1.54, 1.807) is 42.3 Å². The largest absolute Gasteiger partial charge is 0.492 e. The number of hydrogen-bond acceptors (Lipinski definition) is 10. The molecule has 0 heterocycles. The van der Waals surface area contributed by atoms with Crippen molar-refractivity contribution in [1.82, 2.24) is 26.2 Å². The first-order chi connectivity index (χ1) is 29.0. The number of nitrogens with two attached hydrogens (primary N) is 2. The molecule has 0 aliphatic heterocycles. The predicted octanol–water partition coefficient (Wildman–Crippen LogP) is 2.12. The van der Waals surface area contributed by atoms with Crippen LogP contribution < -0.4 is 42.2 Å². The Morgan fingerprint density at radius 2 is 1.42 bits per heavy atom. The number of hydrogen-bond donors (Lipinski definition) is 6. The van der Waals surface area contributed by atoms with Gasteiger partial charge in [-0.05, 0) is 72.0 Å². The molecule has 4 rings (SSSR count). The van der Waals surface area contributed by atoms with Crippen LogP contribution in [0.3, 0.4) is 0 Å². The third-order valence-electron chi connectivity index (χ3n) is 9.59. The second kappa shape index (κ2) is 23.6. The van der Waals surface area contributed by atoms with Crippen molar-refractivity contribution in [2.75, 3.05) is 53.0 Å². The van der Waals surface area contributed by atoms with Gasteiger partial charge in [-0.1, -0.05) is 60.4 Å². The molecule has 0 aliphatic carbocycles. The monoisotopic (exact) mass is 814 g/mol. The zero-order valence-electron chi connectivity index (χ0n) is 33.9. The van der Waals surface area contributed by atoms with Crippen molar-refractivity contribution in [2.24, 2.45) is 11.5 Å². The van der Waals surface area contributed by atoms with Gasteiger partial charge in [0.25, 0.3) is 5.91 Å². The summed E-state index contributed by atoms with van der Waals surface area (Å²) in [6.45, 7) is 2.32. The van der Waals surface area contributed by atoms with Crippen molar-refractivity contribution in [3.05, 3.63) is 107 Å². The smallest absolute Gasteiger partial charge is 0.251 e. The first-order valence-electron chi connectivity index (χ1n) is 19.5. The van der Waals surface area contributed by atoms with E-state index in [-0.39, 0.29) is 70.6 Å². The summed E-state index contributed by atoms with van der Waals surface area (Å²) in [5.41, 5.74) is 17.8. The summed E-state index contributed by atoms with van der Waals surface area (Å²) in [5.74, 6) is -0.670. The van der Waals surface area contributed by atoms with Gasteiger partial charge in [-0.3, -0.25) is 24.0 Å². The number of nitriles is 1. The quantitative estimate of drug-likeness (QED) is 0.0472. The van der Waals surface area contributed by atoms with Gasteiger partial charge in [0, 0.05) is 43.4 Å². The molecule has 2 radical (unpaired) electrons. The zero-order valence-corrected chi connectivity index (χ0v) is 33.9. The SMILES string of the molecule is [B]Cc1ccc(-c2ccc(C(=O)NCC(=O)N(C)C(C)c3ccc(OCCN)c(-c4cc(CC(CNC(=O)CC#N)NC(=O)CNC=O)ccc4OCCN)c3)cc2)cc1. The van der Waals surface area contributed by atoms with Gasteiger partial charge in [0.05, 0.1) is 39.1 Å². The lowest BCUT2D eigenvalue weighted by Gasteiger charge is -2.27. The lowest BCUT2D eigenvalue weighted by molar-refractivity contribution is -0.130. The van der Waals surface area contributed by atoms with E-state index in [9.17, 15) is 24.0 Å². The highest BCUT2D eigenvalue weighted by atomic mass is 16.5. The van der Waals surface area contributed by atoms with Crippen LogP contribution in [0.25, 0.3) is 22.3 Å². The predicted molar refractivity (Wildman–Crippen MR) is 229 cm³/mol. The maximum atomic E-state index is 13.5. The van der Waals surface area contributed by atoms with E-state index < -0.39 is 23.9 Å². The lowest BCUT2D eigenvalue weighted by Crippen LogP contribution is -2.47. The van der Waals surface area contributed by atoms with E-state index in [1.807, 2.05) is 67.6 Å². The number of nitrogens with zero attached hydrogens (tertiary/aromatic N) is 2. The molecule has 0 aliphatic rings. The van der Waals surface area contributed by atoms with Crippen LogP contribution in [0, 0.1) is 11.3 Å². The lowest BCUT2D eigenvalue weighted by atomic mass is 9.94. The molecule has 60 heavy (non-hydrogen) atoms. The first kappa shape index (κ1) is 46.0. The van der Waals surface area contributed by atoms with Crippen LogP contribution in [-0.2, 0) is 31.9 Å².